The number of aromatic nitrogens is 1. The Balaban J connectivity index is 1.64. The highest BCUT2D eigenvalue weighted by Crippen LogP contribution is 2.33. The van der Waals surface area contributed by atoms with Crippen molar-refractivity contribution in [3.8, 4) is 11.5 Å². The zero-order valence-electron chi connectivity index (χ0n) is 16.0. The molecule has 0 saturated heterocycles. The lowest BCUT2D eigenvalue weighted by Gasteiger charge is -2.37. The smallest absolute Gasteiger partial charge is 0.322 e. The molecule has 6 nitrogen and oxygen atoms in total. The number of ether oxygens (including phenoxy) is 2. The van der Waals surface area contributed by atoms with Crippen LogP contribution in [0.3, 0.4) is 0 Å². The Morgan fingerprint density at radius 1 is 0.964 bits per heavy atom. The van der Waals surface area contributed by atoms with Crippen molar-refractivity contribution in [3.05, 3.63) is 78.1 Å². The molecule has 2 amide bonds. The summed E-state index contributed by atoms with van der Waals surface area (Å²) in [6.45, 7) is 1.38. The van der Waals surface area contributed by atoms with Crippen LogP contribution in [0, 0.1) is 0 Å². The van der Waals surface area contributed by atoms with Crippen LogP contribution in [0.15, 0.2) is 66.9 Å². The molecule has 0 fully saturated rings. The number of benzene rings is 2. The molecule has 1 aromatic heterocycles. The monoisotopic (exact) mass is 377 g/mol. The van der Waals surface area contributed by atoms with E-state index in [2.05, 4.69) is 22.1 Å². The number of rotatable bonds is 4. The van der Waals surface area contributed by atoms with Crippen LogP contribution in [0.5, 0.6) is 11.5 Å². The number of hydrogen-bond acceptors (Lipinski definition) is 3. The van der Waals surface area contributed by atoms with Crippen molar-refractivity contribution in [3.63, 3.8) is 0 Å². The molecule has 3 aromatic rings. The molecule has 144 valence electrons. The van der Waals surface area contributed by atoms with Gasteiger partial charge < -0.3 is 24.3 Å². The number of fused-ring (bicyclic) bond motifs is 1. The molecule has 1 aliphatic rings. The first kappa shape index (κ1) is 18.0. The van der Waals surface area contributed by atoms with Gasteiger partial charge in [0, 0.05) is 36.7 Å². The zero-order valence-corrected chi connectivity index (χ0v) is 16.0. The maximum atomic E-state index is 13.1. The van der Waals surface area contributed by atoms with E-state index in [9.17, 15) is 4.79 Å². The second-order valence-electron chi connectivity index (χ2n) is 6.66. The van der Waals surface area contributed by atoms with Gasteiger partial charge in [-0.1, -0.05) is 18.2 Å². The van der Waals surface area contributed by atoms with Crippen molar-refractivity contribution in [2.75, 3.05) is 26.1 Å². The van der Waals surface area contributed by atoms with Gasteiger partial charge in [0.2, 0.25) is 0 Å². The molecule has 6 heteroatoms. The van der Waals surface area contributed by atoms with Gasteiger partial charge in [-0.05, 0) is 42.0 Å². The van der Waals surface area contributed by atoms with Crippen LogP contribution >= 0.6 is 0 Å². The van der Waals surface area contributed by atoms with Crippen LogP contribution in [-0.2, 0) is 6.54 Å². The average Bonchev–Trinajstić information content (AvgIpc) is 3.22. The third-order valence-electron chi connectivity index (χ3n) is 5.05. The summed E-state index contributed by atoms with van der Waals surface area (Å²) in [5.41, 5.74) is 2.84. The average molecular weight is 377 g/mol. The molecular weight excluding hydrogens is 354 g/mol. The number of carbonyl (C=O) groups is 1. The van der Waals surface area contributed by atoms with Crippen molar-refractivity contribution in [2.45, 2.75) is 12.6 Å². The maximum absolute atomic E-state index is 13.1. The normalized spacial score (nSPS) is 15.6. The Morgan fingerprint density at radius 3 is 2.50 bits per heavy atom. The summed E-state index contributed by atoms with van der Waals surface area (Å²) >= 11 is 0. The Hall–Kier alpha value is -3.41. The van der Waals surface area contributed by atoms with E-state index in [1.54, 1.807) is 14.2 Å². The van der Waals surface area contributed by atoms with Gasteiger partial charge in [0.1, 0.15) is 11.5 Å². The molecule has 0 radical (unpaired) electrons. The first-order chi connectivity index (χ1) is 13.7. The van der Waals surface area contributed by atoms with Gasteiger partial charge in [0.15, 0.2) is 0 Å². The summed E-state index contributed by atoms with van der Waals surface area (Å²) < 4.78 is 12.7. The number of carbonyl (C=O) groups excluding carboxylic acids is 1. The molecule has 1 aliphatic heterocycles. The van der Waals surface area contributed by atoms with Crippen LogP contribution < -0.4 is 14.8 Å². The Kier molecular flexibility index (Phi) is 4.93. The lowest BCUT2D eigenvalue weighted by atomic mass is 10.00. The number of nitrogens with one attached hydrogen (secondary N) is 1. The van der Waals surface area contributed by atoms with E-state index in [0.29, 0.717) is 18.0 Å². The van der Waals surface area contributed by atoms with Gasteiger partial charge in [-0.15, -0.1) is 0 Å². The predicted molar refractivity (Wildman–Crippen MR) is 108 cm³/mol. The molecule has 2 aromatic carbocycles. The van der Waals surface area contributed by atoms with E-state index in [-0.39, 0.29) is 12.1 Å². The first-order valence-corrected chi connectivity index (χ1v) is 9.20. The molecule has 28 heavy (non-hydrogen) atoms. The van der Waals surface area contributed by atoms with Crippen LogP contribution in [0.2, 0.25) is 0 Å². The van der Waals surface area contributed by atoms with Gasteiger partial charge in [0.05, 0.1) is 20.3 Å². The van der Waals surface area contributed by atoms with Crippen molar-refractivity contribution >= 4 is 11.7 Å². The van der Waals surface area contributed by atoms with Crippen LogP contribution in [-0.4, -0.2) is 36.3 Å². The molecule has 4 rings (SSSR count). The molecule has 0 bridgehead atoms. The number of nitrogens with zero attached hydrogens (tertiary/aromatic N) is 2. The van der Waals surface area contributed by atoms with E-state index in [1.807, 2.05) is 59.5 Å². The Morgan fingerprint density at radius 2 is 1.75 bits per heavy atom. The molecule has 1 unspecified atom stereocenters. The highest BCUT2D eigenvalue weighted by atomic mass is 16.5. The summed E-state index contributed by atoms with van der Waals surface area (Å²) in [6, 6.07) is 19.0. The third kappa shape index (κ3) is 3.41. The number of anilines is 1. The van der Waals surface area contributed by atoms with Crippen molar-refractivity contribution < 1.29 is 14.3 Å². The van der Waals surface area contributed by atoms with Gasteiger partial charge >= 0.3 is 6.03 Å². The van der Waals surface area contributed by atoms with E-state index in [0.717, 1.165) is 23.6 Å². The second kappa shape index (κ2) is 7.68. The highest BCUT2D eigenvalue weighted by Gasteiger charge is 2.32. The van der Waals surface area contributed by atoms with Gasteiger partial charge in [-0.2, -0.15) is 0 Å². The topological polar surface area (TPSA) is 55.7 Å². The Labute approximate surface area is 164 Å². The fourth-order valence-electron chi connectivity index (χ4n) is 3.64. The number of hydrogen-bond donors (Lipinski definition) is 1. The number of urea groups is 1. The van der Waals surface area contributed by atoms with Crippen LogP contribution in [0.25, 0.3) is 0 Å². The van der Waals surface area contributed by atoms with Crippen LogP contribution in [0.4, 0.5) is 10.5 Å². The van der Waals surface area contributed by atoms with E-state index in [1.165, 1.54) is 0 Å². The van der Waals surface area contributed by atoms with Crippen molar-refractivity contribution in [2.24, 2.45) is 0 Å². The molecule has 0 spiro atoms. The highest BCUT2D eigenvalue weighted by molar-refractivity contribution is 5.90. The van der Waals surface area contributed by atoms with Gasteiger partial charge in [0.25, 0.3) is 0 Å². The Bertz CT molecular complexity index is 965. The van der Waals surface area contributed by atoms with E-state index in [4.69, 9.17) is 9.47 Å². The molecule has 0 saturated carbocycles. The fourth-order valence-corrected chi connectivity index (χ4v) is 3.64. The van der Waals surface area contributed by atoms with Crippen LogP contribution in [0.1, 0.15) is 17.3 Å². The quantitative estimate of drug-likeness (QED) is 0.743. The fraction of sp³-hybridized carbons (Fsp3) is 0.227. The van der Waals surface area contributed by atoms with Crippen molar-refractivity contribution in [1.29, 1.82) is 0 Å². The minimum atomic E-state index is -0.166. The molecule has 1 atom stereocenters. The second-order valence-corrected chi connectivity index (χ2v) is 6.66. The minimum Gasteiger partial charge on any atom is -0.497 e. The number of amides is 2. The SMILES string of the molecule is COc1ccc(C2c3cccn3CCN2C(=O)Nc2cccc(OC)c2)cc1. The zero-order chi connectivity index (χ0) is 19.5. The summed E-state index contributed by atoms with van der Waals surface area (Å²) in [6.07, 6.45) is 2.06. The summed E-state index contributed by atoms with van der Waals surface area (Å²) in [5, 5.41) is 3.00. The van der Waals surface area contributed by atoms with E-state index >= 15 is 0 Å². The molecule has 1 N–H and O–H groups in total. The number of methoxy groups -OCH3 is 2. The molecule has 2 heterocycles. The summed E-state index contributed by atoms with van der Waals surface area (Å²) in [7, 11) is 3.26. The lowest BCUT2D eigenvalue weighted by molar-refractivity contribution is 0.182. The molecule has 0 aliphatic carbocycles. The third-order valence-corrected chi connectivity index (χ3v) is 5.05. The van der Waals surface area contributed by atoms with Crippen molar-refractivity contribution in [1.82, 2.24) is 9.47 Å². The standard InChI is InChI=1S/C22H23N3O3/c1-27-18-10-8-16(9-11-18)21-20-7-4-12-24(20)13-14-25(21)22(26)23-17-5-3-6-19(15-17)28-2/h3-12,15,21H,13-14H2,1-2H3,(H,23,26). The first-order valence-electron chi connectivity index (χ1n) is 9.20. The minimum absolute atomic E-state index is 0.137. The predicted octanol–water partition coefficient (Wildman–Crippen LogP) is 4.14. The maximum Gasteiger partial charge on any atom is 0.322 e. The van der Waals surface area contributed by atoms with E-state index < -0.39 is 0 Å². The van der Waals surface area contributed by atoms with Gasteiger partial charge in [-0.3, -0.25) is 0 Å². The molecular formula is C22H23N3O3. The summed E-state index contributed by atoms with van der Waals surface area (Å²) in [4.78, 5) is 15.0. The largest absolute Gasteiger partial charge is 0.497 e. The summed E-state index contributed by atoms with van der Waals surface area (Å²) in [5.74, 6) is 1.50. The van der Waals surface area contributed by atoms with Gasteiger partial charge in [-0.25, -0.2) is 4.79 Å². The lowest BCUT2D eigenvalue weighted by Crippen LogP contribution is -2.44.